The first-order valence-corrected chi connectivity index (χ1v) is 6.09. The van der Waals surface area contributed by atoms with Crippen LogP contribution in [0.2, 0.25) is 0 Å². The lowest BCUT2D eigenvalue weighted by molar-refractivity contribution is 1.15. The molecule has 16 heavy (non-hydrogen) atoms. The lowest BCUT2D eigenvalue weighted by Gasteiger charge is -2.08. The van der Waals surface area contributed by atoms with E-state index in [4.69, 9.17) is 0 Å². The largest absolute Gasteiger partial charge is 0.381 e. The van der Waals surface area contributed by atoms with Crippen molar-refractivity contribution in [2.75, 3.05) is 5.32 Å². The van der Waals surface area contributed by atoms with E-state index in [-0.39, 0.29) is 0 Å². The highest BCUT2D eigenvalue weighted by molar-refractivity contribution is 9.10. The Hall–Kier alpha value is -1.28. The van der Waals surface area contributed by atoms with Crippen molar-refractivity contribution >= 4 is 21.6 Å². The molecule has 82 valence electrons. The topological polar surface area (TPSA) is 12.0 Å². The smallest absolute Gasteiger partial charge is 0.0400 e. The first-order valence-electron chi connectivity index (χ1n) is 5.29. The van der Waals surface area contributed by atoms with E-state index in [2.05, 4.69) is 70.6 Å². The van der Waals surface area contributed by atoms with Crippen LogP contribution in [-0.2, 0) is 6.54 Å². The molecule has 0 bridgehead atoms. The summed E-state index contributed by atoms with van der Waals surface area (Å²) in [5.74, 6) is 0. The Morgan fingerprint density at radius 2 is 1.81 bits per heavy atom. The summed E-state index contributed by atoms with van der Waals surface area (Å²) in [7, 11) is 0. The first-order chi connectivity index (χ1) is 7.75. The Morgan fingerprint density at radius 1 is 1.06 bits per heavy atom. The lowest BCUT2D eigenvalue weighted by atomic mass is 10.2. The van der Waals surface area contributed by atoms with Crippen LogP contribution in [-0.4, -0.2) is 0 Å². The fraction of sp³-hybridized carbons (Fsp3) is 0.143. The Morgan fingerprint density at radius 3 is 2.50 bits per heavy atom. The Labute approximate surface area is 105 Å². The second kappa shape index (κ2) is 5.17. The van der Waals surface area contributed by atoms with Gasteiger partial charge in [0, 0.05) is 16.7 Å². The van der Waals surface area contributed by atoms with E-state index < -0.39 is 0 Å². The van der Waals surface area contributed by atoms with Crippen molar-refractivity contribution < 1.29 is 0 Å². The molecule has 2 aromatic rings. The molecule has 0 spiro atoms. The predicted octanol–water partition coefficient (Wildman–Crippen LogP) is 4.37. The molecular weight excluding hydrogens is 262 g/mol. The SMILES string of the molecule is Cc1cc(NCc2ccccc2)ccc1Br. The van der Waals surface area contributed by atoms with Gasteiger partial charge < -0.3 is 5.32 Å². The molecule has 0 saturated carbocycles. The second-order valence-corrected chi connectivity index (χ2v) is 4.66. The fourth-order valence-electron chi connectivity index (χ4n) is 1.55. The Balaban J connectivity index is 2.03. The summed E-state index contributed by atoms with van der Waals surface area (Å²) in [5, 5.41) is 3.41. The van der Waals surface area contributed by atoms with Gasteiger partial charge in [0.05, 0.1) is 0 Å². The normalized spacial score (nSPS) is 10.1. The van der Waals surface area contributed by atoms with E-state index in [0.29, 0.717) is 0 Å². The molecule has 2 heteroatoms. The zero-order chi connectivity index (χ0) is 11.4. The lowest BCUT2D eigenvalue weighted by Crippen LogP contribution is -1.99. The molecule has 0 aliphatic carbocycles. The summed E-state index contributed by atoms with van der Waals surface area (Å²) in [6, 6.07) is 16.7. The molecule has 0 saturated heterocycles. The molecule has 0 unspecified atom stereocenters. The van der Waals surface area contributed by atoms with Crippen molar-refractivity contribution in [1.82, 2.24) is 0 Å². The van der Waals surface area contributed by atoms with Gasteiger partial charge in [-0.2, -0.15) is 0 Å². The molecular formula is C14H14BrN. The number of benzene rings is 2. The minimum atomic E-state index is 0.863. The van der Waals surface area contributed by atoms with E-state index in [0.717, 1.165) is 16.7 Å². The van der Waals surface area contributed by atoms with Gasteiger partial charge in [-0.05, 0) is 36.2 Å². The van der Waals surface area contributed by atoms with Crippen LogP contribution in [0.25, 0.3) is 0 Å². The van der Waals surface area contributed by atoms with Crippen molar-refractivity contribution in [3.8, 4) is 0 Å². The van der Waals surface area contributed by atoms with Gasteiger partial charge in [-0.3, -0.25) is 0 Å². The minimum absolute atomic E-state index is 0.863. The van der Waals surface area contributed by atoms with Crippen LogP contribution in [0.5, 0.6) is 0 Å². The number of nitrogens with one attached hydrogen (secondary N) is 1. The highest BCUT2D eigenvalue weighted by atomic mass is 79.9. The van der Waals surface area contributed by atoms with Gasteiger partial charge in [0.15, 0.2) is 0 Å². The zero-order valence-corrected chi connectivity index (χ0v) is 10.8. The third-order valence-electron chi connectivity index (χ3n) is 2.50. The molecule has 0 amide bonds. The highest BCUT2D eigenvalue weighted by Crippen LogP contribution is 2.20. The molecule has 2 aromatic carbocycles. The van der Waals surface area contributed by atoms with Crippen molar-refractivity contribution in [3.05, 3.63) is 64.1 Å². The van der Waals surface area contributed by atoms with E-state index in [9.17, 15) is 0 Å². The van der Waals surface area contributed by atoms with E-state index in [1.807, 2.05) is 6.07 Å². The summed E-state index contributed by atoms with van der Waals surface area (Å²) in [6.45, 7) is 2.96. The molecule has 0 atom stereocenters. The third-order valence-corrected chi connectivity index (χ3v) is 3.39. The molecule has 1 N–H and O–H groups in total. The van der Waals surface area contributed by atoms with E-state index >= 15 is 0 Å². The molecule has 0 aromatic heterocycles. The monoisotopic (exact) mass is 275 g/mol. The average molecular weight is 276 g/mol. The van der Waals surface area contributed by atoms with Crippen molar-refractivity contribution in [2.45, 2.75) is 13.5 Å². The predicted molar refractivity (Wildman–Crippen MR) is 72.6 cm³/mol. The van der Waals surface area contributed by atoms with Crippen LogP contribution in [0.15, 0.2) is 53.0 Å². The van der Waals surface area contributed by atoms with Crippen LogP contribution in [0.1, 0.15) is 11.1 Å². The highest BCUT2D eigenvalue weighted by Gasteiger charge is 1.97. The Bertz CT molecular complexity index is 465. The van der Waals surface area contributed by atoms with Crippen LogP contribution < -0.4 is 5.32 Å². The van der Waals surface area contributed by atoms with Crippen LogP contribution in [0, 0.1) is 6.92 Å². The van der Waals surface area contributed by atoms with Crippen molar-refractivity contribution in [2.24, 2.45) is 0 Å². The van der Waals surface area contributed by atoms with E-state index in [1.54, 1.807) is 0 Å². The summed E-state index contributed by atoms with van der Waals surface area (Å²) in [5.41, 5.74) is 3.70. The van der Waals surface area contributed by atoms with Gasteiger partial charge in [0.1, 0.15) is 0 Å². The number of hydrogen-bond acceptors (Lipinski definition) is 1. The average Bonchev–Trinajstić information content (AvgIpc) is 2.32. The number of halogens is 1. The first kappa shape index (κ1) is 11.2. The zero-order valence-electron chi connectivity index (χ0n) is 9.20. The van der Waals surface area contributed by atoms with Gasteiger partial charge in [-0.1, -0.05) is 46.3 Å². The fourth-order valence-corrected chi connectivity index (χ4v) is 1.80. The van der Waals surface area contributed by atoms with Crippen LogP contribution in [0.4, 0.5) is 5.69 Å². The van der Waals surface area contributed by atoms with Gasteiger partial charge in [0.2, 0.25) is 0 Å². The van der Waals surface area contributed by atoms with Gasteiger partial charge in [0.25, 0.3) is 0 Å². The molecule has 0 aliphatic rings. The number of anilines is 1. The van der Waals surface area contributed by atoms with Crippen LogP contribution >= 0.6 is 15.9 Å². The molecule has 2 rings (SSSR count). The third kappa shape index (κ3) is 2.86. The van der Waals surface area contributed by atoms with E-state index in [1.165, 1.54) is 11.1 Å². The number of aryl methyl sites for hydroxylation is 1. The van der Waals surface area contributed by atoms with Gasteiger partial charge >= 0.3 is 0 Å². The standard InChI is InChI=1S/C14H14BrN/c1-11-9-13(7-8-14(11)15)16-10-12-5-3-2-4-6-12/h2-9,16H,10H2,1H3. The molecule has 1 nitrogen and oxygen atoms in total. The maximum Gasteiger partial charge on any atom is 0.0400 e. The maximum atomic E-state index is 3.50. The molecule has 0 heterocycles. The van der Waals surface area contributed by atoms with Gasteiger partial charge in [-0.25, -0.2) is 0 Å². The van der Waals surface area contributed by atoms with Gasteiger partial charge in [-0.15, -0.1) is 0 Å². The van der Waals surface area contributed by atoms with Crippen molar-refractivity contribution in [1.29, 1.82) is 0 Å². The van der Waals surface area contributed by atoms with Crippen molar-refractivity contribution in [3.63, 3.8) is 0 Å². The maximum absolute atomic E-state index is 3.50. The summed E-state index contributed by atoms with van der Waals surface area (Å²) >= 11 is 3.50. The van der Waals surface area contributed by atoms with Crippen LogP contribution in [0.3, 0.4) is 0 Å². The summed E-state index contributed by atoms with van der Waals surface area (Å²) < 4.78 is 1.15. The quantitative estimate of drug-likeness (QED) is 0.877. The number of rotatable bonds is 3. The molecule has 0 radical (unpaired) electrons. The number of hydrogen-bond donors (Lipinski definition) is 1. The Kier molecular flexibility index (Phi) is 3.62. The minimum Gasteiger partial charge on any atom is -0.381 e. The molecule has 0 aliphatic heterocycles. The summed E-state index contributed by atoms with van der Waals surface area (Å²) in [4.78, 5) is 0. The second-order valence-electron chi connectivity index (χ2n) is 3.80. The summed E-state index contributed by atoms with van der Waals surface area (Å²) in [6.07, 6.45) is 0. The molecule has 0 fully saturated rings.